The van der Waals surface area contributed by atoms with Crippen LogP contribution < -0.4 is 0 Å². The third-order valence-electron chi connectivity index (χ3n) is 2.72. The first kappa shape index (κ1) is 12.8. The number of halogens is 2. The highest BCUT2D eigenvalue weighted by Crippen LogP contribution is 2.28. The second-order valence-corrected chi connectivity index (χ2v) is 4.59. The van der Waals surface area contributed by atoms with Crippen LogP contribution in [0.25, 0.3) is 0 Å². The number of carboxylic acid groups (broad SMARTS) is 1. The molecule has 1 aromatic rings. The summed E-state index contributed by atoms with van der Waals surface area (Å²) in [5.74, 6) is -2.10. The van der Waals surface area contributed by atoms with Crippen LogP contribution in [-0.2, 0) is 4.79 Å². The summed E-state index contributed by atoms with van der Waals surface area (Å²) in [5.41, 5.74) is 0.203. The lowest BCUT2D eigenvalue weighted by Crippen LogP contribution is -2.37. The van der Waals surface area contributed by atoms with Gasteiger partial charge in [-0.2, -0.15) is 0 Å². The van der Waals surface area contributed by atoms with Gasteiger partial charge in [0.05, 0.1) is 5.02 Å². The fourth-order valence-electron chi connectivity index (χ4n) is 1.69. The fourth-order valence-corrected chi connectivity index (χ4v) is 1.87. The summed E-state index contributed by atoms with van der Waals surface area (Å²) in [6.07, 6.45) is 1.60. The number of amides is 1. The molecule has 0 unspecified atom stereocenters. The van der Waals surface area contributed by atoms with Crippen LogP contribution in [0.15, 0.2) is 18.2 Å². The Bertz CT molecular complexity index is 502. The van der Waals surface area contributed by atoms with E-state index >= 15 is 0 Å². The van der Waals surface area contributed by atoms with Gasteiger partial charge in [-0.15, -0.1) is 0 Å². The molecule has 0 bridgehead atoms. The predicted octanol–water partition coefficient (Wildman–Crippen LogP) is 2.17. The Balaban J connectivity index is 2.21. The van der Waals surface area contributed by atoms with Crippen molar-refractivity contribution < 1.29 is 19.1 Å². The van der Waals surface area contributed by atoms with E-state index < -0.39 is 17.7 Å². The highest BCUT2D eigenvalue weighted by atomic mass is 35.5. The van der Waals surface area contributed by atoms with Gasteiger partial charge in [-0.05, 0) is 31.0 Å². The van der Waals surface area contributed by atoms with Gasteiger partial charge >= 0.3 is 5.97 Å². The average Bonchev–Trinajstić information content (AvgIpc) is 3.12. The minimum atomic E-state index is -1.07. The largest absolute Gasteiger partial charge is 0.480 e. The normalized spacial score (nSPS) is 14.3. The first-order chi connectivity index (χ1) is 8.49. The van der Waals surface area contributed by atoms with Crippen LogP contribution in [0.2, 0.25) is 5.02 Å². The Morgan fingerprint density at radius 2 is 2.11 bits per heavy atom. The molecule has 1 aliphatic rings. The van der Waals surface area contributed by atoms with Crippen molar-refractivity contribution in [2.75, 3.05) is 6.54 Å². The Hall–Kier alpha value is -1.62. The van der Waals surface area contributed by atoms with Gasteiger partial charge in [-0.3, -0.25) is 9.59 Å². The highest BCUT2D eigenvalue weighted by Gasteiger charge is 2.34. The number of aliphatic carboxylic acids is 1. The lowest BCUT2D eigenvalue weighted by atomic mass is 10.2. The first-order valence-electron chi connectivity index (χ1n) is 5.47. The molecule has 1 amide bonds. The zero-order valence-electron chi connectivity index (χ0n) is 9.40. The zero-order chi connectivity index (χ0) is 13.3. The number of carboxylic acids is 1. The molecule has 0 aromatic heterocycles. The lowest BCUT2D eigenvalue weighted by Gasteiger charge is -2.20. The molecule has 0 radical (unpaired) electrons. The van der Waals surface area contributed by atoms with Crippen molar-refractivity contribution in [3.05, 3.63) is 34.6 Å². The minimum Gasteiger partial charge on any atom is -0.480 e. The average molecular weight is 272 g/mol. The molecule has 4 nitrogen and oxygen atoms in total. The number of carbonyl (C=O) groups is 2. The van der Waals surface area contributed by atoms with E-state index in [9.17, 15) is 14.0 Å². The van der Waals surface area contributed by atoms with Crippen LogP contribution in [0.1, 0.15) is 23.2 Å². The molecule has 1 fully saturated rings. The van der Waals surface area contributed by atoms with Crippen molar-refractivity contribution in [2.24, 2.45) is 0 Å². The topological polar surface area (TPSA) is 57.6 Å². The molecule has 1 aliphatic carbocycles. The van der Waals surface area contributed by atoms with Gasteiger partial charge in [0, 0.05) is 11.6 Å². The van der Waals surface area contributed by atoms with Crippen molar-refractivity contribution in [3.8, 4) is 0 Å². The van der Waals surface area contributed by atoms with E-state index in [4.69, 9.17) is 16.7 Å². The van der Waals surface area contributed by atoms with Gasteiger partial charge in [0.1, 0.15) is 12.4 Å². The summed E-state index contributed by atoms with van der Waals surface area (Å²) in [4.78, 5) is 24.1. The van der Waals surface area contributed by atoms with E-state index in [1.807, 2.05) is 0 Å². The smallest absolute Gasteiger partial charge is 0.323 e. The van der Waals surface area contributed by atoms with Crippen LogP contribution >= 0.6 is 11.6 Å². The number of hydrogen-bond donors (Lipinski definition) is 1. The van der Waals surface area contributed by atoms with Crippen molar-refractivity contribution in [1.82, 2.24) is 4.90 Å². The lowest BCUT2D eigenvalue weighted by molar-refractivity contribution is -0.137. The zero-order valence-corrected chi connectivity index (χ0v) is 10.2. The maximum absolute atomic E-state index is 13.0. The maximum Gasteiger partial charge on any atom is 0.323 e. The SMILES string of the molecule is O=C(O)CN(C(=O)c1ccc(F)c(Cl)c1)C1CC1. The van der Waals surface area contributed by atoms with Crippen molar-refractivity contribution in [2.45, 2.75) is 18.9 Å². The van der Waals surface area contributed by atoms with Crippen LogP contribution in [0, 0.1) is 5.82 Å². The molecule has 1 aromatic carbocycles. The summed E-state index contributed by atoms with van der Waals surface area (Å²) >= 11 is 5.60. The summed E-state index contributed by atoms with van der Waals surface area (Å²) < 4.78 is 13.0. The van der Waals surface area contributed by atoms with Gasteiger partial charge < -0.3 is 10.0 Å². The quantitative estimate of drug-likeness (QED) is 0.913. The van der Waals surface area contributed by atoms with E-state index in [1.165, 1.54) is 17.0 Å². The summed E-state index contributed by atoms with van der Waals surface area (Å²) in [7, 11) is 0. The Morgan fingerprint density at radius 3 is 2.61 bits per heavy atom. The number of hydrogen-bond acceptors (Lipinski definition) is 2. The molecular formula is C12H11ClFNO3. The first-order valence-corrected chi connectivity index (χ1v) is 5.84. The minimum absolute atomic E-state index is 0.0302. The van der Waals surface area contributed by atoms with Gasteiger partial charge in [0.25, 0.3) is 5.91 Å². The third-order valence-corrected chi connectivity index (χ3v) is 3.01. The van der Waals surface area contributed by atoms with Gasteiger partial charge in [0.15, 0.2) is 0 Å². The van der Waals surface area contributed by atoms with Crippen molar-refractivity contribution in [1.29, 1.82) is 0 Å². The van der Waals surface area contributed by atoms with E-state index in [1.54, 1.807) is 0 Å². The van der Waals surface area contributed by atoms with Crippen LogP contribution in [0.4, 0.5) is 4.39 Å². The Kier molecular flexibility index (Phi) is 3.52. The number of carbonyl (C=O) groups excluding carboxylic acids is 1. The van der Waals surface area contributed by atoms with Crippen LogP contribution in [-0.4, -0.2) is 34.5 Å². The van der Waals surface area contributed by atoms with Crippen molar-refractivity contribution in [3.63, 3.8) is 0 Å². The number of rotatable bonds is 4. The van der Waals surface area contributed by atoms with E-state index in [0.29, 0.717) is 0 Å². The molecule has 0 aliphatic heterocycles. The third kappa shape index (κ3) is 2.79. The highest BCUT2D eigenvalue weighted by molar-refractivity contribution is 6.31. The number of nitrogens with zero attached hydrogens (tertiary/aromatic N) is 1. The predicted molar refractivity (Wildman–Crippen MR) is 63.1 cm³/mol. The Morgan fingerprint density at radius 1 is 1.44 bits per heavy atom. The molecule has 2 rings (SSSR count). The second kappa shape index (κ2) is 4.94. The molecular weight excluding hydrogens is 261 g/mol. The molecule has 0 atom stereocenters. The summed E-state index contributed by atoms with van der Waals surface area (Å²) in [6.45, 7) is -0.349. The van der Waals surface area contributed by atoms with E-state index in [0.717, 1.165) is 18.9 Å². The van der Waals surface area contributed by atoms with Gasteiger partial charge in [0.2, 0.25) is 0 Å². The molecule has 0 heterocycles. The van der Waals surface area contributed by atoms with Crippen LogP contribution in [0.5, 0.6) is 0 Å². The molecule has 1 saturated carbocycles. The van der Waals surface area contributed by atoms with Gasteiger partial charge in [-0.25, -0.2) is 4.39 Å². The Labute approximate surface area is 108 Å². The molecule has 96 valence electrons. The van der Waals surface area contributed by atoms with E-state index in [2.05, 4.69) is 0 Å². The van der Waals surface area contributed by atoms with Crippen LogP contribution in [0.3, 0.4) is 0 Å². The van der Waals surface area contributed by atoms with Crippen molar-refractivity contribution >= 4 is 23.5 Å². The molecule has 1 N–H and O–H groups in total. The molecule has 6 heteroatoms. The second-order valence-electron chi connectivity index (χ2n) is 4.19. The standard InChI is InChI=1S/C12H11ClFNO3/c13-9-5-7(1-4-10(9)14)12(18)15(6-11(16)17)8-2-3-8/h1,4-5,8H,2-3,6H2,(H,16,17). The monoisotopic (exact) mass is 271 g/mol. The summed E-state index contributed by atoms with van der Waals surface area (Å²) in [5, 5.41) is 8.63. The van der Waals surface area contributed by atoms with Gasteiger partial charge in [-0.1, -0.05) is 11.6 Å². The maximum atomic E-state index is 13.0. The number of benzene rings is 1. The summed E-state index contributed by atoms with van der Waals surface area (Å²) in [6, 6.07) is 3.59. The molecule has 18 heavy (non-hydrogen) atoms. The molecule has 0 spiro atoms. The molecule has 0 saturated heterocycles. The van der Waals surface area contributed by atoms with E-state index in [-0.39, 0.29) is 23.2 Å². The fraction of sp³-hybridized carbons (Fsp3) is 0.333.